The topological polar surface area (TPSA) is 57.6 Å². The van der Waals surface area contributed by atoms with E-state index < -0.39 is 54.2 Å². The number of nitrogens with zero attached hydrogens (tertiary/aromatic N) is 1. The number of hydrogen-bond donors (Lipinski definition) is 1. The minimum atomic E-state index is -4.70. The van der Waals surface area contributed by atoms with Crippen molar-refractivity contribution in [2.24, 2.45) is 11.8 Å². The van der Waals surface area contributed by atoms with Gasteiger partial charge in [-0.2, -0.15) is 13.2 Å². The monoisotopic (exact) mass is 345 g/mol. The summed E-state index contributed by atoms with van der Waals surface area (Å²) in [6, 6.07) is 5.68. The second kappa shape index (κ2) is 5.46. The van der Waals surface area contributed by atoms with Crippen LogP contribution in [0, 0.1) is 17.7 Å². The molecule has 1 aromatic rings. The van der Waals surface area contributed by atoms with Crippen LogP contribution in [0.25, 0.3) is 0 Å². The van der Waals surface area contributed by atoms with Crippen molar-refractivity contribution in [2.45, 2.75) is 24.4 Å². The van der Waals surface area contributed by atoms with Gasteiger partial charge in [-0.3, -0.25) is 9.59 Å². The minimum absolute atomic E-state index is 0.164. The minimum Gasteiger partial charge on any atom is -0.481 e. The summed E-state index contributed by atoms with van der Waals surface area (Å²) in [4.78, 5) is 24.8. The Balaban J connectivity index is 1.86. The molecule has 0 spiro atoms. The van der Waals surface area contributed by atoms with Gasteiger partial charge in [0.25, 0.3) is 0 Å². The number of carboxylic acid groups (broad SMARTS) is 1. The van der Waals surface area contributed by atoms with E-state index in [-0.39, 0.29) is 5.56 Å². The molecule has 1 saturated carbocycles. The Kier molecular flexibility index (Phi) is 3.80. The fourth-order valence-corrected chi connectivity index (χ4v) is 3.43. The Morgan fingerprint density at radius 1 is 1.17 bits per heavy atom. The zero-order chi connectivity index (χ0) is 17.7. The number of amides is 1. The van der Waals surface area contributed by atoms with Crippen molar-refractivity contribution in [3.05, 3.63) is 35.6 Å². The van der Waals surface area contributed by atoms with E-state index in [1.807, 2.05) is 0 Å². The molecule has 1 aliphatic carbocycles. The molecule has 4 nitrogen and oxygen atoms in total. The summed E-state index contributed by atoms with van der Waals surface area (Å²) in [5.74, 6) is -6.57. The van der Waals surface area contributed by atoms with Gasteiger partial charge < -0.3 is 10.0 Å². The first-order valence-corrected chi connectivity index (χ1v) is 7.51. The van der Waals surface area contributed by atoms with Gasteiger partial charge in [-0.25, -0.2) is 4.39 Å². The van der Waals surface area contributed by atoms with Crippen LogP contribution in [0.1, 0.15) is 18.4 Å². The maximum atomic E-state index is 14.0. The Morgan fingerprint density at radius 2 is 1.79 bits per heavy atom. The summed E-state index contributed by atoms with van der Waals surface area (Å²) < 4.78 is 53.1. The third kappa shape index (κ3) is 2.63. The van der Waals surface area contributed by atoms with Gasteiger partial charge in [-0.15, -0.1) is 0 Å². The number of carboxylic acids is 1. The molecule has 2 atom stereocenters. The Bertz CT molecular complexity index is 684. The second-order valence-corrected chi connectivity index (χ2v) is 6.36. The second-order valence-electron chi connectivity index (χ2n) is 6.36. The van der Waals surface area contributed by atoms with E-state index in [1.165, 1.54) is 18.2 Å². The van der Waals surface area contributed by atoms with E-state index in [9.17, 15) is 27.2 Å². The molecular formula is C16H15F4NO3. The number of hydrogen-bond acceptors (Lipinski definition) is 2. The number of carbonyl (C=O) groups is 2. The van der Waals surface area contributed by atoms with Crippen LogP contribution in [-0.4, -0.2) is 41.1 Å². The van der Waals surface area contributed by atoms with E-state index in [0.717, 1.165) is 4.90 Å². The van der Waals surface area contributed by atoms with Crippen LogP contribution in [0.2, 0.25) is 0 Å². The van der Waals surface area contributed by atoms with Gasteiger partial charge >= 0.3 is 12.1 Å². The first-order valence-electron chi connectivity index (χ1n) is 7.51. The predicted molar refractivity (Wildman–Crippen MR) is 74.6 cm³/mol. The Morgan fingerprint density at radius 3 is 2.25 bits per heavy atom. The van der Waals surface area contributed by atoms with Crippen LogP contribution in [-0.2, 0) is 15.0 Å². The molecule has 1 N–H and O–H groups in total. The van der Waals surface area contributed by atoms with Gasteiger partial charge in [0, 0.05) is 18.7 Å². The van der Waals surface area contributed by atoms with E-state index in [4.69, 9.17) is 5.11 Å². The van der Waals surface area contributed by atoms with Crippen molar-refractivity contribution < 1.29 is 32.3 Å². The zero-order valence-electron chi connectivity index (χ0n) is 12.5. The first kappa shape index (κ1) is 16.7. The summed E-state index contributed by atoms with van der Waals surface area (Å²) in [6.07, 6.45) is -4.01. The first-order chi connectivity index (χ1) is 11.2. The summed E-state index contributed by atoms with van der Waals surface area (Å²) in [6.45, 7) is -1.20. The van der Waals surface area contributed by atoms with Crippen molar-refractivity contribution in [3.63, 3.8) is 0 Å². The van der Waals surface area contributed by atoms with E-state index >= 15 is 0 Å². The lowest BCUT2D eigenvalue weighted by atomic mass is 9.94. The van der Waals surface area contributed by atoms with Crippen LogP contribution < -0.4 is 0 Å². The third-order valence-corrected chi connectivity index (χ3v) is 4.89. The molecule has 24 heavy (non-hydrogen) atoms. The van der Waals surface area contributed by atoms with Crippen molar-refractivity contribution in [3.8, 4) is 0 Å². The maximum absolute atomic E-state index is 14.0. The predicted octanol–water partition coefficient (Wildman–Crippen LogP) is 2.58. The molecule has 2 fully saturated rings. The van der Waals surface area contributed by atoms with Gasteiger partial charge in [-0.1, -0.05) is 18.2 Å². The van der Waals surface area contributed by atoms with Gasteiger partial charge in [0.05, 0.1) is 17.3 Å². The summed E-state index contributed by atoms with van der Waals surface area (Å²) in [7, 11) is 0. The molecule has 0 bridgehead atoms. The lowest BCUT2D eigenvalue weighted by Gasteiger charge is -2.24. The molecule has 1 aliphatic heterocycles. The molecule has 1 heterocycles. The lowest BCUT2D eigenvalue weighted by molar-refractivity contribution is -0.188. The average Bonchev–Trinajstić information content (AvgIpc) is 3.16. The van der Waals surface area contributed by atoms with Gasteiger partial charge in [0.2, 0.25) is 5.91 Å². The summed E-state index contributed by atoms with van der Waals surface area (Å²) in [5.41, 5.74) is -0.994. The highest BCUT2D eigenvalue weighted by Gasteiger charge is 2.59. The smallest absolute Gasteiger partial charge is 0.394 e. The molecule has 1 saturated heterocycles. The van der Waals surface area contributed by atoms with Crippen LogP contribution in [0.5, 0.6) is 0 Å². The SMILES string of the molecule is O=C(O)[C@@H]1CN(C(=O)C2(c3ccccc3F)CC2)C[C@H]1C(F)(F)F. The van der Waals surface area contributed by atoms with Gasteiger partial charge in [0.15, 0.2) is 0 Å². The number of aliphatic carboxylic acids is 1. The lowest BCUT2D eigenvalue weighted by Crippen LogP contribution is -2.39. The molecule has 2 aliphatic rings. The Labute approximate surface area is 135 Å². The normalized spacial score (nSPS) is 25.6. The van der Waals surface area contributed by atoms with Crippen LogP contribution in [0.3, 0.4) is 0 Å². The van der Waals surface area contributed by atoms with Crippen LogP contribution in [0.15, 0.2) is 24.3 Å². The molecule has 1 amide bonds. The summed E-state index contributed by atoms with van der Waals surface area (Å²) >= 11 is 0. The number of likely N-dealkylation sites (tertiary alicyclic amines) is 1. The fourth-order valence-electron chi connectivity index (χ4n) is 3.43. The van der Waals surface area contributed by atoms with Crippen molar-refractivity contribution in [2.75, 3.05) is 13.1 Å². The standard InChI is InChI=1S/C16H15F4NO3/c17-12-4-2-1-3-10(12)15(5-6-15)14(24)21-7-9(13(22)23)11(8-21)16(18,19)20/h1-4,9,11H,5-8H2,(H,22,23)/t9-,11-/m1/s1. The quantitative estimate of drug-likeness (QED) is 0.857. The maximum Gasteiger partial charge on any atom is 0.394 e. The molecule has 0 radical (unpaired) electrons. The third-order valence-electron chi connectivity index (χ3n) is 4.89. The number of halogens is 4. The molecule has 0 aromatic heterocycles. The number of rotatable bonds is 3. The molecule has 130 valence electrons. The average molecular weight is 345 g/mol. The van der Waals surface area contributed by atoms with Gasteiger partial charge in [-0.05, 0) is 18.9 Å². The van der Waals surface area contributed by atoms with E-state index in [1.54, 1.807) is 6.07 Å². The highest BCUT2D eigenvalue weighted by atomic mass is 19.4. The highest BCUT2D eigenvalue weighted by molar-refractivity contribution is 5.92. The van der Waals surface area contributed by atoms with E-state index in [0.29, 0.717) is 12.8 Å². The van der Waals surface area contributed by atoms with Crippen molar-refractivity contribution in [1.82, 2.24) is 4.90 Å². The van der Waals surface area contributed by atoms with E-state index in [2.05, 4.69) is 0 Å². The molecular weight excluding hydrogens is 330 g/mol. The number of benzene rings is 1. The zero-order valence-corrected chi connectivity index (χ0v) is 12.5. The van der Waals surface area contributed by atoms with Crippen molar-refractivity contribution >= 4 is 11.9 Å². The highest BCUT2D eigenvalue weighted by Crippen LogP contribution is 2.51. The largest absolute Gasteiger partial charge is 0.481 e. The molecule has 1 aromatic carbocycles. The fraction of sp³-hybridized carbons (Fsp3) is 0.500. The number of alkyl halides is 3. The van der Waals surface area contributed by atoms with Crippen molar-refractivity contribution in [1.29, 1.82) is 0 Å². The summed E-state index contributed by atoms with van der Waals surface area (Å²) in [5, 5.41) is 9.03. The molecule has 8 heteroatoms. The van der Waals surface area contributed by atoms with Gasteiger partial charge in [0.1, 0.15) is 5.82 Å². The molecule has 3 rings (SSSR count). The van der Waals surface area contributed by atoms with Crippen LogP contribution in [0.4, 0.5) is 17.6 Å². The Hall–Kier alpha value is -2.12. The van der Waals surface area contributed by atoms with Crippen LogP contribution >= 0.6 is 0 Å². The number of carbonyl (C=O) groups excluding carboxylic acids is 1. The molecule has 0 unspecified atom stereocenters.